The van der Waals surface area contributed by atoms with E-state index in [1.165, 1.54) is 24.3 Å². The van der Waals surface area contributed by atoms with Crippen LogP contribution in [-0.2, 0) is 0 Å². The third-order valence-electron chi connectivity index (χ3n) is 2.24. The molecule has 0 saturated carbocycles. The molecular weight excluding hydrogens is 255 g/mol. The first kappa shape index (κ1) is 12.2. The number of anilines is 1. The molecule has 3 nitrogen and oxygen atoms in total. The molecule has 0 atom stereocenters. The average molecular weight is 263 g/mol. The fraction of sp³-hybridized carbons (Fsp3) is 0. The van der Waals surface area contributed by atoms with E-state index in [0.717, 1.165) is 6.07 Å². The van der Waals surface area contributed by atoms with Crippen LogP contribution in [0.4, 0.5) is 10.1 Å². The molecule has 0 aromatic heterocycles. The van der Waals surface area contributed by atoms with Crippen molar-refractivity contribution >= 4 is 17.3 Å². The van der Waals surface area contributed by atoms with Gasteiger partial charge in [-0.2, -0.15) is 5.26 Å². The third-order valence-corrected chi connectivity index (χ3v) is 2.47. The minimum Gasteiger partial charge on any atom is -0.453 e. The summed E-state index contributed by atoms with van der Waals surface area (Å²) in [5, 5.41) is 9.35. The minimum absolute atomic E-state index is 0.00280. The lowest BCUT2D eigenvalue weighted by Gasteiger charge is -2.08. The van der Waals surface area contributed by atoms with Gasteiger partial charge in [0.05, 0.1) is 5.56 Å². The Morgan fingerprint density at radius 3 is 2.56 bits per heavy atom. The highest BCUT2D eigenvalue weighted by Crippen LogP contribution is 2.29. The second kappa shape index (κ2) is 4.94. The van der Waals surface area contributed by atoms with Crippen LogP contribution in [0, 0.1) is 17.1 Å². The fourth-order valence-corrected chi connectivity index (χ4v) is 1.57. The molecule has 0 spiro atoms. The van der Waals surface area contributed by atoms with Crippen LogP contribution in [0.1, 0.15) is 5.56 Å². The highest BCUT2D eigenvalue weighted by molar-refractivity contribution is 6.30. The molecule has 2 aromatic rings. The number of nitrogen functional groups attached to an aromatic ring is 1. The molecule has 5 heteroatoms. The Morgan fingerprint density at radius 2 is 1.89 bits per heavy atom. The zero-order valence-electron chi connectivity index (χ0n) is 9.15. The van der Waals surface area contributed by atoms with Crippen LogP contribution in [0.5, 0.6) is 11.5 Å². The van der Waals surface area contributed by atoms with E-state index in [1.54, 1.807) is 6.07 Å². The van der Waals surface area contributed by atoms with E-state index >= 15 is 0 Å². The Hall–Kier alpha value is -2.25. The van der Waals surface area contributed by atoms with Crippen molar-refractivity contribution in [3.8, 4) is 17.6 Å². The number of hydrogen-bond acceptors (Lipinski definition) is 3. The smallest absolute Gasteiger partial charge is 0.167 e. The highest BCUT2D eigenvalue weighted by Gasteiger charge is 2.09. The van der Waals surface area contributed by atoms with Crippen LogP contribution >= 0.6 is 11.6 Å². The van der Waals surface area contributed by atoms with E-state index < -0.39 is 5.82 Å². The van der Waals surface area contributed by atoms with Gasteiger partial charge >= 0.3 is 0 Å². The highest BCUT2D eigenvalue weighted by atomic mass is 35.5. The van der Waals surface area contributed by atoms with Crippen molar-refractivity contribution in [2.75, 3.05) is 5.73 Å². The Morgan fingerprint density at radius 1 is 1.17 bits per heavy atom. The summed E-state index contributed by atoms with van der Waals surface area (Å²) in [5.74, 6) is -0.345. The van der Waals surface area contributed by atoms with E-state index in [9.17, 15) is 4.39 Å². The predicted octanol–water partition coefficient (Wildman–Crippen LogP) is 3.73. The number of nitrogens with zero attached hydrogens (tertiary/aromatic N) is 1. The van der Waals surface area contributed by atoms with Gasteiger partial charge < -0.3 is 10.5 Å². The molecular formula is C13H8ClFN2O. The number of rotatable bonds is 2. The number of nitriles is 1. The number of ether oxygens (including phenoxy) is 1. The van der Waals surface area contributed by atoms with E-state index in [1.807, 2.05) is 6.07 Å². The van der Waals surface area contributed by atoms with Gasteiger partial charge in [-0.3, -0.25) is 0 Å². The molecule has 0 aliphatic rings. The van der Waals surface area contributed by atoms with Crippen molar-refractivity contribution in [3.63, 3.8) is 0 Å². The van der Waals surface area contributed by atoms with E-state index in [2.05, 4.69) is 0 Å². The quantitative estimate of drug-likeness (QED) is 0.839. The normalized spacial score (nSPS) is 9.83. The molecule has 2 aromatic carbocycles. The number of benzene rings is 2. The first-order chi connectivity index (χ1) is 8.60. The van der Waals surface area contributed by atoms with Crippen LogP contribution in [-0.4, -0.2) is 0 Å². The molecule has 0 aliphatic heterocycles. The molecule has 0 fully saturated rings. The number of halogens is 2. The first-order valence-corrected chi connectivity index (χ1v) is 5.40. The summed E-state index contributed by atoms with van der Waals surface area (Å²) in [7, 11) is 0. The molecule has 2 rings (SSSR count). The van der Waals surface area contributed by atoms with Crippen LogP contribution < -0.4 is 10.5 Å². The van der Waals surface area contributed by atoms with Crippen LogP contribution in [0.2, 0.25) is 5.02 Å². The minimum atomic E-state index is -0.589. The van der Waals surface area contributed by atoms with Gasteiger partial charge in [-0.05, 0) is 30.3 Å². The molecule has 0 aliphatic carbocycles. The summed E-state index contributed by atoms with van der Waals surface area (Å²) >= 11 is 5.75. The van der Waals surface area contributed by atoms with Crippen molar-refractivity contribution < 1.29 is 9.13 Å². The van der Waals surface area contributed by atoms with Crippen LogP contribution in [0.3, 0.4) is 0 Å². The molecule has 0 radical (unpaired) electrons. The third kappa shape index (κ3) is 2.53. The maximum absolute atomic E-state index is 13.5. The van der Waals surface area contributed by atoms with Crippen molar-refractivity contribution in [3.05, 3.63) is 52.8 Å². The Bertz CT molecular complexity index is 637. The second-order valence-corrected chi connectivity index (χ2v) is 3.98. The standard InChI is InChI=1S/C13H8ClFN2O/c14-9-1-3-12(8(5-9)7-16)18-13-4-2-10(17)6-11(13)15/h1-6H,17H2. The molecule has 0 bridgehead atoms. The lowest BCUT2D eigenvalue weighted by atomic mass is 10.2. The first-order valence-electron chi connectivity index (χ1n) is 5.02. The topological polar surface area (TPSA) is 59.0 Å². The summed E-state index contributed by atoms with van der Waals surface area (Å²) in [6.07, 6.45) is 0. The maximum Gasteiger partial charge on any atom is 0.167 e. The maximum atomic E-state index is 13.5. The zero-order valence-corrected chi connectivity index (χ0v) is 9.91. The van der Waals surface area contributed by atoms with E-state index in [4.69, 9.17) is 27.3 Å². The monoisotopic (exact) mass is 262 g/mol. The largest absolute Gasteiger partial charge is 0.453 e. The molecule has 0 saturated heterocycles. The lowest BCUT2D eigenvalue weighted by Crippen LogP contribution is -1.93. The second-order valence-electron chi connectivity index (χ2n) is 3.54. The van der Waals surface area contributed by atoms with Crippen molar-refractivity contribution in [1.82, 2.24) is 0 Å². The van der Waals surface area contributed by atoms with Gasteiger partial charge in [0.25, 0.3) is 0 Å². The molecule has 18 heavy (non-hydrogen) atoms. The van der Waals surface area contributed by atoms with Crippen LogP contribution in [0.25, 0.3) is 0 Å². The van der Waals surface area contributed by atoms with Gasteiger partial charge in [-0.15, -0.1) is 0 Å². The predicted molar refractivity (Wildman–Crippen MR) is 67.1 cm³/mol. The fourth-order valence-electron chi connectivity index (χ4n) is 1.40. The van der Waals surface area contributed by atoms with Crippen molar-refractivity contribution in [1.29, 1.82) is 5.26 Å². The van der Waals surface area contributed by atoms with Crippen molar-refractivity contribution in [2.24, 2.45) is 0 Å². The van der Waals surface area contributed by atoms with Gasteiger partial charge in [0.2, 0.25) is 0 Å². The Kier molecular flexibility index (Phi) is 3.35. The van der Waals surface area contributed by atoms with Gasteiger partial charge in [0.15, 0.2) is 11.6 Å². The Labute approximate surface area is 108 Å². The van der Waals surface area contributed by atoms with E-state index in [0.29, 0.717) is 10.7 Å². The molecule has 0 unspecified atom stereocenters. The van der Waals surface area contributed by atoms with Gasteiger partial charge in [0.1, 0.15) is 11.8 Å². The molecule has 0 heterocycles. The number of nitrogens with two attached hydrogens (primary N) is 1. The summed E-state index contributed by atoms with van der Waals surface area (Å²) in [6, 6.07) is 10.5. The average Bonchev–Trinajstić information content (AvgIpc) is 2.34. The summed E-state index contributed by atoms with van der Waals surface area (Å²) in [6.45, 7) is 0. The van der Waals surface area contributed by atoms with Gasteiger partial charge in [0, 0.05) is 16.8 Å². The SMILES string of the molecule is N#Cc1cc(Cl)ccc1Oc1ccc(N)cc1F. The molecule has 2 N–H and O–H groups in total. The summed E-state index contributed by atoms with van der Waals surface area (Å²) < 4.78 is 18.9. The Balaban J connectivity index is 2.37. The molecule has 0 amide bonds. The molecule has 90 valence electrons. The number of hydrogen-bond donors (Lipinski definition) is 1. The van der Waals surface area contributed by atoms with E-state index in [-0.39, 0.29) is 17.1 Å². The zero-order chi connectivity index (χ0) is 13.1. The summed E-state index contributed by atoms with van der Waals surface area (Å²) in [4.78, 5) is 0. The van der Waals surface area contributed by atoms with Crippen LogP contribution in [0.15, 0.2) is 36.4 Å². The summed E-state index contributed by atoms with van der Waals surface area (Å²) in [5.41, 5.74) is 5.97. The van der Waals surface area contributed by atoms with Gasteiger partial charge in [-0.25, -0.2) is 4.39 Å². The van der Waals surface area contributed by atoms with Crippen molar-refractivity contribution in [2.45, 2.75) is 0 Å². The lowest BCUT2D eigenvalue weighted by molar-refractivity contribution is 0.441. The van der Waals surface area contributed by atoms with Gasteiger partial charge in [-0.1, -0.05) is 11.6 Å².